The lowest BCUT2D eigenvalue weighted by Crippen LogP contribution is -2.50. The van der Waals surface area contributed by atoms with Crippen molar-refractivity contribution < 1.29 is 24.2 Å². The highest BCUT2D eigenvalue weighted by Crippen LogP contribution is 2.61. The minimum Gasteiger partial charge on any atom is -0.478 e. The Kier molecular flexibility index (Phi) is 6.66. The zero-order valence-electron chi connectivity index (χ0n) is 16.9. The number of carbonyl (C=O) groups is 3. The van der Waals surface area contributed by atoms with Gasteiger partial charge in [-0.25, -0.2) is 4.79 Å². The number of carboxylic acid groups (broad SMARTS) is 1. The average molecular weight is 376 g/mol. The van der Waals surface area contributed by atoms with E-state index in [0.29, 0.717) is 23.8 Å². The molecular weight excluding hydrogens is 344 g/mol. The van der Waals surface area contributed by atoms with Crippen LogP contribution in [0.4, 0.5) is 0 Å². The number of ether oxygens (including phenoxy) is 1. The molecule has 0 bridgehead atoms. The molecule has 0 aromatic rings. The van der Waals surface area contributed by atoms with Gasteiger partial charge in [-0.3, -0.25) is 9.59 Å². The van der Waals surface area contributed by atoms with Crippen LogP contribution in [0.3, 0.4) is 0 Å². The second kappa shape index (κ2) is 8.41. The van der Waals surface area contributed by atoms with Crippen molar-refractivity contribution in [3.8, 4) is 0 Å². The van der Waals surface area contributed by atoms with Crippen LogP contribution in [0, 0.1) is 22.7 Å². The molecule has 2 rings (SSSR count). The zero-order valence-corrected chi connectivity index (χ0v) is 16.9. The predicted molar refractivity (Wildman–Crippen MR) is 103 cm³/mol. The molecule has 4 unspecified atom stereocenters. The number of esters is 1. The van der Waals surface area contributed by atoms with E-state index in [1.165, 1.54) is 6.92 Å². The van der Waals surface area contributed by atoms with Crippen LogP contribution in [0.25, 0.3) is 0 Å². The zero-order chi connectivity index (χ0) is 20.2. The van der Waals surface area contributed by atoms with Crippen LogP contribution in [0.5, 0.6) is 0 Å². The van der Waals surface area contributed by atoms with Crippen LogP contribution in [0.15, 0.2) is 23.3 Å². The van der Waals surface area contributed by atoms with E-state index in [1.54, 1.807) is 0 Å². The summed E-state index contributed by atoms with van der Waals surface area (Å²) in [5.74, 6) is -0.558. The van der Waals surface area contributed by atoms with Crippen molar-refractivity contribution in [3.63, 3.8) is 0 Å². The van der Waals surface area contributed by atoms with Crippen molar-refractivity contribution in [2.24, 2.45) is 22.7 Å². The summed E-state index contributed by atoms with van der Waals surface area (Å²) >= 11 is 0. The van der Waals surface area contributed by atoms with E-state index in [4.69, 9.17) is 9.84 Å². The maximum Gasteiger partial charge on any atom is 0.328 e. The molecule has 5 nitrogen and oxygen atoms in total. The molecule has 0 saturated heterocycles. The molecule has 0 aromatic heterocycles. The highest BCUT2D eigenvalue weighted by atomic mass is 16.5. The van der Waals surface area contributed by atoms with E-state index in [-0.39, 0.29) is 17.4 Å². The summed E-state index contributed by atoms with van der Waals surface area (Å²) in [4.78, 5) is 33.9. The maximum atomic E-state index is 11.7. The third-order valence-corrected chi connectivity index (χ3v) is 7.17. The van der Waals surface area contributed by atoms with Crippen molar-refractivity contribution >= 4 is 18.2 Å². The fourth-order valence-corrected chi connectivity index (χ4v) is 5.31. The van der Waals surface area contributed by atoms with Crippen LogP contribution in [0.1, 0.15) is 66.2 Å². The summed E-state index contributed by atoms with van der Waals surface area (Å²) in [6, 6.07) is 0. The minimum atomic E-state index is -1.02. The third kappa shape index (κ3) is 4.50. The van der Waals surface area contributed by atoms with Crippen molar-refractivity contribution in [3.05, 3.63) is 23.3 Å². The molecule has 0 spiro atoms. The monoisotopic (exact) mass is 376 g/mol. The Balaban J connectivity index is 2.23. The van der Waals surface area contributed by atoms with Gasteiger partial charge in [0.05, 0.1) is 0 Å². The highest BCUT2D eigenvalue weighted by Gasteiger charge is 2.53. The summed E-state index contributed by atoms with van der Waals surface area (Å²) in [6.07, 6.45) is 9.72. The molecule has 0 aromatic carbocycles. The van der Waals surface area contributed by atoms with E-state index >= 15 is 0 Å². The first kappa shape index (κ1) is 21.4. The van der Waals surface area contributed by atoms with Crippen LogP contribution < -0.4 is 0 Å². The van der Waals surface area contributed by atoms with Gasteiger partial charge in [-0.05, 0) is 72.3 Å². The van der Waals surface area contributed by atoms with E-state index in [9.17, 15) is 14.4 Å². The number of aldehydes is 1. The molecule has 150 valence electrons. The molecule has 1 fully saturated rings. The minimum absolute atomic E-state index is 0.00331. The summed E-state index contributed by atoms with van der Waals surface area (Å²) in [6.45, 7) is 8.12. The van der Waals surface area contributed by atoms with Crippen molar-refractivity contribution in [1.29, 1.82) is 0 Å². The van der Waals surface area contributed by atoms with Gasteiger partial charge in [0, 0.05) is 13.0 Å². The molecule has 1 N–H and O–H groups in total. The first-order valence-corrected chi connectivity index (χ1v) is 9.85. The number of hydrogen-bond acceptors (Lipinski definition) is 4. The quantitative estimate of drug-likeness (QED) is 0.407. The molecule has 4 atom stereocenters. The first-order valence-electron chi connectivity index (χ1n) is 9.85. The van der Waals surface area contributed by atoms with Crippen LogP contribution in [-0.4, -0.2) is 29.9 Å². The molecule has 2 aliphatic carbocycles. The summed E-state index contributed by atoms with van der Waals surface area (Å²) < 4.78 is 5.04. The van der Waals surface area contributed by atoms with Crippen LogP contribution >= 0.6 is 0 Å². The molecule has 0 heterocycles. The van der Waals surface area contributed by atoms with Gasteiger partial charge in [0.2, 0.25) is 0 Å². The number of hydrogen-bond donors (Lipinski definition) is 1. The molecular formula is C22H32O5. The van der Waals surface area contributed by atoms with Gasteiger partial charge in [-0.15, -0.1) is 0 Å². The smallest absolute Gasteiger partial charge is 0.328 e. The van der Waals surface area contributed by atoms with Gasteiger partial charge >= 0.3 is 11.9 Å². The molecule has 2 aliphatic rings. The van der Waals surface area contributed by atoms with Crippen molar-refractivity contribution in [2.75, 3.05) is 6.61 Å². The molecule has 0 amide bonds. The van der Waals surface area contributed by atoms with Gasteiger partial charge in [0.25, 0.3) is 0 Å². The lowest BCUT2D eigenvalue weighted by atomic mass is 9.47. The number of rotatable bonds is 7. The number of aliphatic carboxylic acids is 1. The number of carboxylic acids is 1. The molecule has 27 heavy (non-hydrogen) atoms. The van der Waals surface area contributed by atoms with Crippen LogP contribution in [-0.2, 0) is 19.1 Å². The van der Waals surface area contributed by atoms with Gasteiger partial charge in [-0.2, -0.15) is 0 Å². The van der Waals surface area contributed by atoms with E-state index in [2.05, 4.69) is 26.8 Å². The van der Waals surface area contributed by atoms with E-state index < -0.39 is 11.9 Å². The Morgan fingerprint density at radius 3 is 2.63 bits per heavy atom. The summed E-state index contributed by atoms with van der Waals surface area (Å²) in [7, 11) is 0. The topological polar surface area (TPSA) is 80.7 Å². The fraction of sp³-hybridized carbons (Fsp3) is 0.682. The predicted octanol–water partition coefficient (Wildman–Crippen LogP) is 4.32. The lowest BCUT2D eigenvalue weighted by Gasteiger charge is -2.57. The van der Waals surface area contributed by atoms with Crippen LogP contribution in [0.2, 0.25) is 0 Å². The molecule has 1 saturated carbocycles. The Morgan fingerprint density at radius 2 is 2.04 bits per heavy atom. The SMILES string of the molecule is CC(=O)OCC(=CC(=O)O)CCC1(C)C(C)CCC2(C)C(C=O)=CCCC21. The van der Waals surface area contributed by atoms with Gasteiger partial charge in [0.15, 0.2) is 0 Å². The third-order valence-electron chi connectivity index (χ3n) is 7.17. The second-order valence-corrected chi connectivity index (χ2v) is 8.69. The standard InChI is InChI=1S/C22H32O5/c1-15-8-10-22(4)18(13-23)6-5-7-19(22)21(15,3)11-9-17(12-20(25)26)14-27-16(2)24/h6,12-13,15,19H,5,7-11,14H2,1-4H3,(H,25,26). The van der Waals surface area contributed by atoms with Gasteiger partial charge < -0.3 is 9.84 Å². The molecule has 5 heteroatoms. The Morgan fingerprint density at radius 1 is 1.33 bits per heavy atom. The second-order valence-electron chi connectivity index (χ2n) is 8.69. The Hall–Kier alpha value is -1.91. The van der Waals surface area contributed by atoms with Gasteiger partial charge in [-0.1, -0.05) is 26.8 Å². The number of allylic oxidation sites excluding steroid dienone is 2. The van der Waals surface area contributed by atoms with Crippen molar-refractivity contribution in [1.82, 2.24) is 0 Å². The normalized spacial score (nSPS) is 33.6. The molecule has 0 radical (unpaired) electrons. The number of carbonyl (C=O) groups excluding carboxylic acids is 2. The Bertz CT molecular complexity index is 662. The summed E-state index contributed by atoms with van der Waals surface area (Å²) in [5, 5.41) is 9.13. The summed E-state index contributed by atoms with van der Waals surface area (Å²) in [5.41, 5.74) is 1.45. The molecule has 0 aliphatic heterocycles. The Labute approximate surface area is 161 Å². The van der Waals surface area contributed by atoms with Crippen molar-refractivity contribution in [2.45, 2.75) is 66.2 Å². The van der Waals surface area contributed by atoms with E-state index in [0.717, 1.165) is 50.0 Å². The maximum absolute atomic E-state index is 11.7. The van der Waals surface area contributed by atoms with E-state index in [1.807, 2.05) is 0 Å². The highest BCUT2D eigenvalue weighted by molar-refractivity contribution is 5.80. The average Bonchev–Trinajstić information content (AvgIpc) is 2.60. The van der Waals surface area contributed by atoms with Gasteiger partial charge in [0.1, 0.15) is 12.9 Å². The largest absolute Gasteiger partial charge is 0.478 e. The first-order chi connectivity index (χ1) is 12.6. The lowest BCUT2D eigenvalue weighted by molar-refractivity contribution is -0.140. The fourth-order valence-electron chi connectivity index (χ4n) is 5.31. The number of fused-ring (bicyclic) bond motifs is 1.